The Hall–Kier alpha value is -2.73. The number of nitrogens with one attached hydrogen (secondary N) is 4. The first-order valence-corrected chi connectivity index (χ1v) is 13.1. The first kappa shape index (κ1) is 32.3. The van der Waals surface area contributed by atoms with Gasteiger partial charge in [-0.1, -0.05) is 39.5 Å². The van der Waals surface area contributed by atoms with E-state index in [4.69, 9.17) is 5.11 Å². The highest BCUT2D eigenvalue weighted by Gasteiger charge is 2.32. The molecule has 3 amide bonds. The molecule has 0 aliphatic heterocycles. The van der Waals surface area contributed by atoms with Crippen LogP contribution in [-0.4, -0.2) is 81.8 Å². The Morgan fingerprint density at radius 3 is 1.84 bits per heavy atom. The van der Waals surface area contributed by atoms with Gasteiger partial charge in [-0.05, 0) is 51.5 Å². The van der Waals surface area contributed by atoms with Gasteiger partial charge in [-0.15, -0.1) is 0 Å². The molecule has 1 rings (SSSR count). The summed E-state index contributed by atoms with van der Waals surface area (Å²) in [4.78, 5) is 60.7. The number of rotatable bonds is 15. The molecule has 0 aromatic carbocycles. The van der Waals surface area contributed by atoms with Crippen molar-refractivity contribution in [1.29, 1.82) is 0 Å². The Kier molecular flexibility index (Phi) is 14.1. The second kappa shape index (κ2) is 16.2. The van der Waals surface area contributed by atoms with Crippen LogP contribution in [0.15, 0.2) is 0 Å². The largest absolute Gasteiger partial charge is 0.481 e. The number of carboxylic acids is 2. The lowest BCUT2D eigenvalue weighted by Gasteiger charge is -2.27. The quantitative estimate of drug-likeness (QED) is 0.147. The van der Waals surface area contributed by atoms with Crippen molar-refractivity contribution in [1.82, 2.24) is 21.3 Å². The maximum absolute atomic E-state index is 13.0. The van der Waals surface area contributed by atoms with Crippen LogP contribution in [0.25, 0.3) is 0 Å². The molecule has 0 unspecified atom stereocenters. The molecule has 0 bridgehead atoms. The van der Waals surface area contributed by atoms with Crippen LogP contribution in [0.1, 0.15) is 79.1 Å². The molecule has 1 aliphatic carbocycles. The third-order valence-electron chi connectivity index (χ3n) is 6.64. The molecule has 0 aromatic heterocycles. The van der Waals surface area contributed by atoms with Crippen LogP contribution in [-0.2, 0) is 24.0 Å². The van der Waals surface area contributed by atoms with E-state index in [1.54, 1.807) is 13.8 Å². The highest BCUT2D eigenvalue weighted by Crippen LogP contribution is 2.22. The zero-order valence-electron chi connectivity index (χ0n) is 22.3. The molecule has 1 aliphatic rings. The molecular formula is C25H44N4O8. The van der Waals surface area contributed by atoms with Gasteiger partial charge in [-0.25, -0.2) is 4.79 Å². The summed E-state index contributed by atoms with van der Waals surface area (Å²) >= 11 is 0. The van der Waals surface area contributed by atoms with Crippen molar-refractivity contribution in [2.45, 2.75) is 109 Å². The molecule has 0 saturated heterocycles. The molecule has 7 N–H and O–H groups in total. The molecule has 0 spiro atoms. The van der Waals surface area contributed by atoms with Crippen molar-refractivity contribution in [2.24, 2.45) is 11.8 Å². The summed E-state index contributed by atoms with van der Waals surface area (Å²) in [6.45, 7) is 6.47. The van der Waals surface area contributed by atoms with Crippen LogP contribution in [0, 0.1) is 11.8 Å². The zero-order valence-corrected chi connectivity index (χ0v) is 22.3. The fourth-order valence-corrected chi connectivity index (χ4v) is 4.29. The second-order valence-corrected chi connectivity index (χ2v) is 10.3. The highest BCUT2D eigenvalue weighted by atomic mass is 16.4. The first-order valence-electron chi connectivity index (χ1n) is 13.1. The van der Waals surface area contributed by atoms with E-state index in [9.17, 15) is 34.2 Å². The monoisotopic (exact) mass is 528 g/mol. The van der Waals surface area contributed by atoms with Gasteiger partial charge in [-0.2, -0.15) is 0 Å². The van der Waals surface area contributed by atoms with Gasteiger partial charge in [0.2, 0.25) is 17.7 Å². The zero-order chi connectivity index (χ0) is 28.1. The number of aliphatic hydroxyl groups is 1. The average molecular weight is 529 g/mol. The number of aliphatic carboxylic acids is 2. The average Bonchev–Trinajstić information content (AvgIpc) is 3.08. The number of carbonyl (C=O) groups excluding carboxylic acids is 3. The van der Waals surface area contributed by atoms with Crippen molar-refractivity contribution in [3.8, 4) is 0 Å². The molecule has 0 aromatic rings. The molecule has 1 fully saturated rings. The van der Waals surface area contributed by atoms with Gasteiger partial charge in [-0.3, -0.25) is 19.2 Å². The van der Waals surface area contributed by atoms with E-state index in [0.29, 0.717) is 12.5 Å². The van der Waals surface area contributed by atoms with Crippen LogP contribution in [0.5, 0.6) is 0 Å². The van der Waals surface area contributed by atoms with Crippen molar-refractivity contribution in [3.63, 3.8) is 0 Å². The van der Waals surface area contributed by atoms with Gasteiger partial charge >= 0.3 is 11.9 Å². The predicted molar refractivity (Wildman–Crippen MR) is 135 cm³/mol. The highest BCUT2D eigenvalue weighted by molar-refractivity contribution is 5.94. The van der Waals surface area contributed by atoms with Gasteiger partial charge in [0.25, 0.3) is 0 Å². The third-order valence-corrected chi connectivity index (χ3v) is 6.64. The standard InChI is InChI=1S/C25H44N4O8/c1-14(2)20(25(36)37)28-22(33)15(3)27-24(35)21(16(4)30)29-23(34)18(11-12-19(31)32)26-13-17-9-7-5-6-8-10-17/h14-18,20-21,26,30H,5-13H2,1-4H3,(H,27,35)(H,28,33)(H,29,34)(H,31,32)(H,36,37)/t15-,16+,18-,20-,21-/m0/s1. The number of hydrogen-bond donors (Lipinski definition) is 7. The lowest BCUT2D eigenvalue weighted by Crippen LogP contribution is -2.60. The number of carbonyl (C=O) groups is 5. The van der Waals surface area contributed by atoms with Crippen molar-refractivity contribution in [3.05, 3.63) is 0 Å². The van der Waals surface area contributed by atoms with Gasteiger partial charge in [0.1, 0.15) is 18.1 Å². The molecule has 12 nitrogen and oxygen atoms in total. The maximum atomic E-state index is 13.0. The Labute approximate surface area is 218 Å². The summed E-state index contributed by atoms with van der Waals surface area (Å²) < 4.78 is 0. The third kappa shape index (κ3) is 11.9. The molecule has 0 radical (unpaired) electrons. The number of amides is 3. The van der Waals surface area contributed by atoms with Crippen LogP contribution >= 0.6 is 0 Å². The topological polar surface area (TPSA) is 194 Å². The van der Waals surface area contributed by atoms with Gasteiger partial charge in [0, 0.05) is 6.42 Å². The first-order chi connectivity index (χ1) is 17.3. The summed E-state index contributed by atoms with van der Waals surface area (Å²) in [6, 6.07) is -4.57. The molecule has 1 saturated carbocycles. The van der Waals surface area contributed by atoms with Crippen molar-refractivity contribution < 1.29 is 39.3 Å². The minimum absolute atomic E-state index is 0.00657. The molecule has 37 heavy (non-hydrogen) atoms. The molecule has 12 heteroatoms. The Bertz CT molecular complexity index is 781. The van der Waals surface area contributed by atoms with Crippen LogP contribution in [0.4, 0.5) is 0 Å². The summed E-state index contributed by atoms with van der Waals surface area (Å²) in [5.41, 5.74) is 0. The van der Waals surface area contributed by atoms with E-state index < -0.39 is 59.9 Å². The smallest absolute Gasteiger partial charge is 0.326 e. The van der Waals surface area contributed by atoms with E-state index in [0.717, 1.165) is 25.7 Å². The lowest BCUT2D eigenvalue weighted by atomic mass is 9.99. The lowest BCUT2D eigenvalue weighted by molar-refractivity contribution is -0.143. The second-order valence-electron chi connectivity index (χ2n) is 10.3. The van der Waals surface area contributed by atoms with Crippen LogP contribution in [0.2, 0.25) is 0 Å². The molecular weight excluding hydrogens is 484 g/mol. The summed E-state index contributed by atoms with van der Waals surface area (Å²) in [7, 11) is 0. The van der Waals surface area contributed by atoms with Gasteiger partial charge < -0.3 is 36.6 Å². The fourth-order valence-electron chi connectivity index (χ4n) is 4.29. The summed E-state index contributed by atoms with van der Waals surface area (Å²) in [6.07, 6.45) is 5.06. The van der Waals surface area contributed by atoms with E-state index in [-0.39, 0.29) is 18.8 Å². The van der Waals surface area contributed by atoms with Crippen molar-refractivity contribution >= 4 is 29.7 Å². The van der Waals surface area contributed by atoms with Gasteiger partial charge in [0.05, 0.1) is 12.1 Å². The number of aliphatic hydroxyl groups excluding tert-OH is 1. The number of hydrogen-bond acceptors (Lipinski definition) is 7. The number of carboxylic acid groups (broad SMARTS) is 2. The molecule has 212 valence electrons. The van der Waals surface area contributed by atoms with Crippen molar-refractivity contribution in [2.75, 3.05) is 6.54 Å². The van der Waals surface area contributed by atoms with E-state index >= 15 is 0 Å². The summed E-state index contributed by atoms with van der Waals surface area (Å²) in [5.74, 6) is -4.46. The predicted octanol–water partition coefficient (Wildman–Crippen LogP) is 0.376. The Morgan fingerprint density at radius 1 is 0.784 bits per heavy atom. The van der Waals surface area contributed by atoms with Crippen LogP contribution in [0.3, 0.4) is 0 Å². The maximum Gasteiger partial charge on any atom is 0.326 e. The minimum Gasteiger partial charge on any atom is -0.481 e. The summed E-state index contributed by atoms with van der Waals surface area (Å²) in [5, 5.41) is 38.9. The van der Waals surface area contributed by atoms with E-state index in [1.165, 1.54) is 26.7 Å². The normalized spacial score (nSPS) is 18.5. The van der Waals surface area contributed by atoms with Crippen LogP contribution < -0.4 is 21.3 Å². The molecule has 5 atom stereocenters. The minimum atomic E-state index is -1.41. The van der Waals surface area contributed by atoms with Gasteiger partial charge in [0.15, 0.2) is 0 Å². The van der Waals surface area contributed by atoms with E-state index in [1.807, 2.05) is 0 Å². The SMILES string of the molecule is CC(C)[C@H](NC(=O)[C@H](C)NC(=O)[C@@H](NC(=O)[C@H](CCC(=O)O)NCC1CCCCCC1)[C@@H](C)O)C(=O)O. The fraction of sp³-hybridized carbons (Fsp3) is 0.800. The molecule has 0 heterocycles. The Balaban J connectivity index is 2.82. The Morgan fingerprint density at radius 2 is 1.35 bits per heavy atom. The van der Waals surface area contributed by atoms with E-state index in [2.05, 4.69) is 21.3 Å².